The van der Waals surface area contributed by atoms with Crippen molar-refractivity contribution in [3.05, 3.63) is 28.8 Å². The third-order valence-electron chi connectivity index (χ3n) is 3.19. The van der Waals surface area contributed by atoms with Gasteiger partial charge in [-0.3, -0.25) is 0 Å². The van der Waals surface area contributed by atoms with Crippen molar-refractivity contribution in [3.63, 3.8) is 0 Å². The predicted octanol–water partition coefficient (Wildman–Crippen LogP) is 1.41. The lowest BCUT2D eigenvalue weighted by Gasteiger charge is -2.34. The molecule has 4 nitrogen and oxygen atoms in total. The van der Waals surface area contributed by atoms with E-state index in [-0.39, 0.29) is 0 Å². The van der Waals surface area contributed by atoms with Gasteiger partial charge in [-0.05, 0) is 25.5 Å². The summed E-state index contributed by atoms with van der Waals surface area (Å²) in [5.74, 6) is 0.307. The molecule has 0 saturated heterocycles. The van der Waals surface area contributed by atoms with E-state index in [0.717, 1.165) is 22.4 Å². The van der Waals surface area contributed by atoms with Gasteiger partial charge in [0, 0.05) is 12.0 Å². The van der Waals surface area contributed by atoms with E-state index in [1.54, 1.807) is 0 Å². The SMILES string of the molecule is COC(=O)C1(N)CCOc2c(C)cc(C)cc21. The van der Waals surface area contributed by atoms with Gasteiger partial charge in [0.25, 0.3) is 0 Å². The van der Waals surface area contributed by atoms with Gasteiger partial charge in [0.1, 0.15) is 11.3 Å². The quantitative estimate of drug-likeness (QED) is 0.748. The Hall–Kier alpha value is -1.55. The van der Waals surface area contributed by atoms with E-state index in [1.165, 1.54) is 7.11 Å². The largest absolute Gasteiger partial charge is 0.493 e. The molecule has 0 amide bonds. The van der Waals surface area contributed by atoms with Crippen LogP contribution in [0.1, 0.15) is 23.1 Å². The topological polar surface area (TPSA) is 61.5 Å². The van der Waals surface area contributed by atoms with Crippen molar-refractivity contribution in [3.8, 4) is 5.75 Å². The van der Waals surface area contributed by atoms with Gasteiger partial charge >= 0.3 is 5.97 Å². The molecule has 1 aliphatic rings. The molecular weight excluding hydrogens is 218 g/mol. The number of carbonyl (C=O) groups excluding carboxylic acids is 1. The van der Waals surface area contributed by atoms with Gasteiger partial charge in [-0.25, -0.2) is 4.79 Å². The van der Waals surface area contributed by atoms with Crippen molar-refractivity contribution in [2.75, 3.05) is 13.7 Å². The highest BCUT2D eigenvalue weighted by molar-refractivity contribution is 5.84. The third-order valence-corrected chi connectivity index (χ3v) is 3.19. The average Bonchev–Trinajstić information content (AvgIpc) is 2.29. The molecule has 4 heteroatoms. The van der Waals surface area contributed by atoms with E-state index in [0.29, 0.717) is 13.0 Å². The summed E-state index contributed by atoms with van der Waals surface area (Å²) < 4.78 is 10.4. The second-order valence-corrected chi connectivity index (χ2v) is 4.52. The van der Waals surface area contributed by atoms with Crippen LogP contribution in [-0.4, -0.2) is 19.7 Å². The van der Waals surface area contributed by atoms with Crippen molar-refractivity contribution < 1.29 is 14.3 Å². The Morgan fingerprint density at radius 2 is 2.18 bits per heavy atom. The number of fused-ring (bicyclic) bond motifs is 1. The minimum Gasteiger partial charge on any atom is -0.493 e. The van der Waals surface area contributed by atoms with E-state index in [9.17, 15) is 4.79 Å². The zero-order chi connectivity index (χ0) is 12.6. The van der Waals surface area contributed by atoms with Crippen LogP contribution in [-0.2, 0) is 15.1 Å². The first kappa shape index (κ1) is 11.9. The fourth-order valence-electron chi connectivity index (χ4n) is 2.32. The molecule has 1 heterocycles. The summed E-state index contributed by atoms with van der Waals surface area (Å²) in [6.45, 7) is 4.36. The Kier molecular flexibility index (Phi) is 2.83. The minimum atomic E-state index is -1.08. The Balaban J connectivity index is 2.61. The maximum atomic E-state index is 11.9. The molecule has 1 atom stereocenters. The Labute approximate surface area is 101 Å². The number of ether oxygens (including phenoxy) is 2. The summed E-state index contributed by atoms with van der Waals surface area (Å²) in [5, 5.41) is 0. The number of hydrogen-bond donors (Lipinski definition) is 1. The van der Waals surface area contributed by atoms with E-state index in [1.807, 2.05) is 26.0 Å². The number of esters is 1. The molecule has 1 aromatic carbocycles. The van der Waals surface area contributed by atoms with E-state index < -0.39 is 11.5 Å². The lowest BCUT2D eigenvalue weighted by Crippen LogP contribution is -2.49. The van der Waals surface area contributed by atoms with E-state index >= 15 is 0 Å². The van der Waals surface area contributed by atoms with Crippen LogP contribution in [0, 0.1) is 13.8 Å². The van der Waals surface area contributed by atoms with Crippen LogP contribution in [0.3, 0.4) is 0 Å². The number of nitrogens with two attached hydrogens (primary N) is 1. The number of carbonyl (C=O) groups is 1. The maximum absolute atomic E-state index is 11.9. The Morgan fingerprint density at radius 1 is 1.47 bits per heavy atom. The monoisotopic (exact) mass is 235 g/mol. The summed E-state index contributed by atoms with van der Waals surface area (Å²) in [4.78, 5) is 11.9. The fraction of sp³-hybridized carbons (Fsp3) is 0.462. The molecule has 92 valence electrons. The maximum Gasteiger partial charge on any atom is 0.330 e. The number of benzene rings is 1. The van der Waals surface area contributed by atoms with E-state index in [4.69, 9.17) is 15.2 Å². The van der Waals surface area contributed by atoms with Crippen LogP contribution in [0.2, 0.25) is 0 Å². The summed E-state index contributed by atoms with van der Waals surface area (Å²) in [6, 6.07) is 3.92. The molecule has 0 radical (unpaired) electrons. The molecule has 0 aromatic heterocycles. The lowest BCUT2D eigenvalue weighted by molar-refractivity contribution is -0.148. The van der Waals surface area contributed by atoms with Crippen molar-refractivity contribution in [1.82, 2.24) is 0 Å². The molecule has 1 aromatic rings. The van der Waals surface area contributed by atoms with Gasteiger partial charge < -0.3 is 15.2 Å². The molecule has 1 unspecified atom stereocenters. The summed E-state index contributed by atoms with van der Waals surface area (Å²) in [7, 11) is 1.36. The van der Waals surface area contributed by atoms with Crippen LogP contribution >= 0.6 is 0 Å². The zero-order valence-electron chi connectivity index (χ0n) is 10.4. The number of rotatable bonds is 1. The lowest BCUT2D eigenvalue weighted by atomic mass is 9.83. The molecule has 1 aliphatic heterocycles. The van der Waals surface area contributed by atoms with E-state index in [2.05, 4.69) is 0 Å². The Morgan fingerprint density at radius 3 is 2.82 bits per heavy atom. The molecule has 2 N–H and O–H groups in total. The van der Waals surface area contributed by atoms with Crippen LogP contribution in [0.4, 0.5) is 0 Å². The molecule has 0 bridgehead atoms. The smallest absolute Gasteiger partial charge is 0.330 e. The van der Waals surface area contributed by atoms with Gasteiger partial charge in [-0.2, -0.15) is 0 Å². The zero-order valence-corrected chi connectivity index (χ0v) is 10.4. The van der Waals surface area contributed by atoms with Gasteiger partial charge in [0.05, 0.1) is 13.7 Å². The first-order valence-corrected chi connectivity index (χ1v) is 5.61. The van der Waals surface area contributed by atoms with Gasteiger partial charge in [-0.1, -0.05) is 11.6 Å². The first-order chi connectivity index (χ1) is 7.99. The van der Waals surface area contributed by atoms with Gasteiger partial charge in [0.15, 0.2) is 0 Å². The molecule has 0 spiro atoms. The van der Waals surface area contributed by atoms with Crippen LogP contribution in [0.25, 0.3) is 0 Å². The van der Waals surface area contributed by atoms with Crippen molar-refractivity contribution >= 4 is 5.97 Å². The van der Waals surface area contributed by atoms with Crippen LogP contribution in [0.15, 0.2) is 12.1 Å². The molecule has 0 fully saturated rings. The van der Waals surface area contributed by atoms with Gasteiger partial charge in [0.2, 0.25) is 0 Å². The number of hydrogen-bond acceptors (Lipinski definition) is 4. The van der Waals surface area contributed by atoms with Crippen LogP contribution in [0.5, 0.6) is 5.75 Å². The highest BCUT2D eigenvalue weighted by Gasteiger charge is 2.42. The summed E-state index contributed by atoms with van der Waals surface area (Å²) in [6.07, 6.45) is 0.440. The number of aryl methyl sites for hydroxylation is 2. The molecular formula is C13H17NO3. The van der Waals surface area contributed by atoms with Crippen molar-refractivity contribution in [1.29, 1.82) is 0 Å². The number of methoxy groups -OCH3 is 1. The molecule has 2 rings (SSSR count). The average molecular weight is 235 g/mol. The van der Waals surface area contributed by atoms with Gasteiger partial charge in [-0.15, -0.1) is 0 Å². The van der Waals surface area contributed by atoms with Crippen molar-refractivity contribution in [2.45, 2.75) is 25.8 Å². The first-order valence-electron chi connectivity index (χ1n) is 5.61. The molecule has 0 aliphatic carbocycles. The second kappa shape index (κ2) is 4.04. The highest BCUT2D eigenvalue weighted by Crippen LogP contribution is 2.38. The summed E-state index contributed by atoms with van der Waals surface area (Å²) in [5.41, 5.74) is 7.91. The highest BCUT2D eigenvalue weighted by atomic mass is 16.5. The molecule has 0 saturated carbocycles. The predicted molar refractivity (Wildman–Crippen MR) is 63.9 cm³/mol. The summed E-state index contributed by atoms with van der Waals surface area (Å²) >= 11 is 0. The Bertz CT molecular complexity index is 470. The third kappa shape index (κ3) is 1.78. The molecule has 17 heavy (non-hydrogen) atoms. The standard InChI is InChI=1S/C13H17NO3/c1-8-6-9(2)11-10(7-8)13(14,4-5-17-11)12(15)16-3/h6-7H,4-5,14H2,1-3H3. The fourth-order valence-corrected chi connectivity index (χ4v) is 2.32. The minimum absolute atomic E-state index is 0.410. The second-order valence-electron chi connectivity index (χ2n) is 4.52. The normalized spacial score (nSPS) is 22.6. The van der Waals surface area contributed by atoms with Crippen LogP contribution < -0.4 is 10.5 Å². The van der Waals surface area contributed by atoms with Crippen molar-refractivity contribution in [2.24, 2.45) is 5.73 Å².